The van der Waals surface area contributed by atoms with Gasteiger partial charge in [0.25, 0.3) is 0 Å². The Morgan fingerprint density at radius 2 is 1.83 bits per heavy atom. The number of piperazine rings is 1. The van der Waals surface area contributed by atoms with Crippen molar-refractivity contribution in [1.29, 1.82) is 0 Å². The summed E-state index contributed by atoms with van der Waals surface area (Å²) in [5.41, 5.74) is 7.53. The molecule has 0 bridgehead atoms. The Hall–Kier alpha value is -0.560. The van der Waals surface area contributed by atoms with Crippen LogP contribution in [0.25, 0.3) is 0 Å². The third-order valence-corrected chi connectivity index (χ3v) is 4.61. The predicted molar refractivity (Wildman–Crippen MR) is 80.3 cm³/mol. The summed E-state index contributed by atoms with van der Waals surface area (Å²) in [6.07, 6.45) is 2.70. The maximum atomic E-state index is 13.6. The van der Waals surface area contributed by atoms with Crippen molar-refractivity contribution >= 4 is 34.0 Å². The molecule has 98 valence electrons. The topological polar surface area (TPSA) is 32.5 Å². The van der Waals surface area contributed by atoms with Gasteiger partial charge < -0.3 is 10.6 Å². The maximum absolute atomic E-state index is 13.6. The summed E-state index contributed by atoms with van der Waals surface area (Å²) in [6.45, 7) is 4.02. The zero-order valence-corrected chi connectivity index (χ0v) is 12.4. The van der Waals surface area contributed by atoms with Crippen LogP contribution in [0.4, 0.5) is 15.8 Å². The van der Waals surface area contributed by atoms with E-state index in [4.69, 9.17) is 5.73 Å². The van der Waals surface area contributed by atoms with Crippen LogP contribution in [0, 0.1) is 9.39 Å². The molecule has 0 amide bonds. The van der Waals surface area contributed by atoms with Crippen LogP contribution in [0.15, 0.2) is 12.1 Å². The number of hydrogen-bond donors (Lipinski definition) is 1. The maximum Gasteiger partial charge on any atom is 0.138 e. The van der Waals surface area contributed by atoms with Gasteiger partial charge in [-0.15, -0.1) is 0 Å². The van der Waals surface area contributed by atoms with Gasteiger partial charge in [-0.05, 0) is 41.5 Å². The second kappa shape index (κ2) is 4.85. The molecule has 1 heterocycles. The molecule has 1 saturated heterocycles. The number of nitrogens with zero attached hydrogens (tertiary/aromatic N) is 2. The predicted octanol–water partition coefficient (Wildman–Crippen LogP) is 2.30. The summed E-state index contributed by atoms with van der Waals surface area (Å²) < 4.78 is 14.2. The lowest BCUT2D eigenvalue weighted by Gasteiger charge is -2.36. The molecule has 3 rings (SSSR count). The molecule has 1 aromatic carbocycles. The normalized spacial score (nSPS) is 21.3. The molecule has 1 aliphatic carbocycles. The zero-order valence-electron chi connectivity index (χ0n) is 10.2. The van der Waals surface area contributed by atoms with Crippen LogP contribution in [-0.4, -0.2) is 37.1 Å². The Bertz CT molecular complexity index is 454. The van der Waals surface area contributed by atoms with Crippen molar-refractivity contribution < 1.29 is 4.39 Å². The van der Waals surface area contributed by atoms with Gasteiger partial charge in [-0.2, -0.15) is 0 Å². The van der Waals surface area contributed by atoms with E-state index in [2.05, 4.69) is 9.80 Å². The number of rotatable bonds is 2. The van der Waals surface area contributed by atoms with Crippen molar-refractivity contribution in [3.05, 3.63) is 21.5 Å². The molecule has 0 unspecified atom stereocenters. The van der Waals surface area contributed by atoms with Gasteiger partial charge >= 0.3 is 0 Å². The summed E-state index contributed by atoms with van der Waals surface area (Å²) in [6, 6.07) is 4.11. The number of halogens is 2. The van der Waals surface area contributed by atoms with Crippen molar-refractivity contribution in [3.63, 3.8) is 0 Å². The first-order valence-corrected chi connectivity index (χ1v) is 7.46. The van der Waals surface area contributed by atoms with Crippen LogP contribution >= 0.6 is 22.6 Å². The van der Waals surface area contributed by atoms with Gasteiger partial charge in [0.2, 0.25) is 0 Å². The molecular weight excluding hydrogens is 344 g/mol. The number of hydrogen-bond acceptors (Lipinski definition) is 3. The number of nitrogen functional groups attached to an aromatic ring is 1. The lowest BCUT2D eigenvalue weighted by molar-refractivity contribution is 0.248. The van der Waals surface area contributed by atoms with E-state index in [9.17, 15) is 4.39 Å². The highest BCUT2D eigenvalue weighted by molar-refractivity contribution is 14.1. The van der Waals surface area contributed by atoms with E-state index in [0.717, 1.165) is 37.9 Å². The molecule has 18 heavy (non-hydrogen) atoms. The van der Waals surface area contributed by atoms with Gasteiger partial charge in [0, 0.05) is 38.3 Å². The number of nitrogens with two attached hydrogens (primary N) is 1. The van der Waals surface area contributed by atoms with E-state index in [1.165, 1.54) is 12.8 Å². The second-order valence-electron chi connectivity index (χ2n) is 5.08. The molecule has 0 spiro atoms. The molecule has 2 aliphatic rings. The van der Waals surface area contributed by atoms with Crippen LogP contribution in [0.2, 0.25) is 0 Å². The Morgan fingerprint density at radius 3 is 2.44 bits per heavy atom. The number of benzene rings is 1. The molecule has 2 fully saturated rings. The fraction of sp³-hybridized carbons (Fsp3) is 0.538. The third kappa shape index (κ3) is 2.42. The summed E-state index contributed by atoms with van der Waals surface area (Å²) in [4.78, 5) is 4.74. The second-order valence-corrected chi connectivity index (χ2v) is 6.24. The van der Waals surface area contributed by atoms with E-state index in [1.54, 1.807) is 12.1 Å². The van der Waals surface area contributed by atoms with Gasteiger partial charge in [-0.25, -0.2) is 4.39 Å². The largest absolute Gasteiger partial charge is 0.397 e. The molecule has 0 radical (unpaired) electrons. The first-order chi connectivity index (χ1) is 8.65. The van der Waals surface area contributed by atoms with Gasteiger partial charge in [-0.1, -0.05) is 0 Å². The van der Waals surface area contributed by atoms with E-state index in [-0.39, 0.29) is 5.82 Å². The van der Waals surface area contributed by atoms with Crippen molar-refractivity contribution in [2.45, 2.75) is 18.9 Å². The molecule has 0 aromatic heterocycles. The smallest absolute Gasteiger partial charge is 0.138 e. The van der Waals surface area contributed by atoms with E-state index in [0.29, 0.717) is 9.26 Å². The standard InChI is InChI=1S/C13H17FIN3/c14-10-7-13(12(16)8-11(10)15)18-5-3-17(4-6-18)9-1-2-9/h7-9H,1-6,16H2. The van der Waals surface area contributed by atoms with Crippen LogP contribution in [0.5, 0.6) is 0 Å². The van der Waals surface area contributed by atoms with Crippen LogP contribution in [0.3, 0.4) is 0 Å². The SMILES string of the molecule is Nc1cc(I)c(F)cc1N1CCN(C2CC2)CC1. The molecule has 1 saturated carbocycles. The fourth-order valence-electron chi connectivity index (χ4n) is 2.59. The average Bonchev–Trinajstić information content (AvgIpc) is 3.18. The quantitative estimate of drug-likeness (QED) is 0.648. The lowest BCUT2D eigenvalue weighted by Crippen LogP contribution is -2.47. The first-order valence-electron chi connectivity index (χ1n) is 6.38. The molecular formula is C13H17FIN3. The van der Waals surface area contributed by atoms with Crippen LogP contribution < -0.4 is 10.6 Å². The van der Waals surface area contributed by atoms with E-state index >= 15 is 0 Å². The monoisotopic (exact) mass is 361 g/mol. The summed E-state index contributed by atoms with van der Waals surface area (Å²) in [5, 5.41) is 0. The highest BCUT2D eigenvalue weighted by atomic mass is 127. The molecule has 3 nitrogen and oxygen atoms in total. The highest BCUT2D eigenvalue weighted by Gasteiger charge is 2.31. The molecule has 1 aromatic rings. The van der Waals surface area contributed by atoms with Crippen LogP contribution in [0.1, 0.15) is 12.8 Å². The Morgan fingerprint density at radius 1 is 1.17 bits per heavy atom. The van der Waals surface area contributed by atoms with Gasteiger partial charge in [-0.3, -0.25) is 4.90 Å². The zero-order chi connectivity index (χ0) is 12.7. The minimum atomic E-state index is -0.176. The Balaban J connectivity index is 1.73. The Labute approximate surface area is 120 Å². The van der Waals surface area contributed by atoms with Crippen molar-refractivity contribution in [3.8, 4) is 0 Å². The highest BCUT2D eigenvalue weighted by Crippen LogP contribution is 2.31. The third-order valence-electron chi connectivity index (χ3n) is 3.79. The molecule has 2 N–H and O–H groups in total. The first kappa shape index (κ1) is 12.5. The number of anilines is 2. The van der Waals surface area contributed by atoms with Crippen molar-refractivity contribution in [2.75, 3.05) is 36.8 Å². The fourth-order valence-corrected chi connectivity index (χ4v) is 3.08. The Kier molecular flexibility index (Phi) is 3.36. The van der Waals surface area contributed by atoms with Gasteiger partial charge in [0.05, 0.1) is 14.9 Å². The summed E-state index contributed by atoms with van der Waals surface area (Å²) in [7, 11) is 0. The van der Waals surface area contributed by atoms with Gasteiger partial charge in [0.1, 0.15) is 5.82 Å². The minimum absolute atomic E-state index is 0.176. The van der Waals surface area contributed by atoms with E-state index < -0.39 is 0 Å². The summed E-state index contributed by atoms with van der Waals surface area (Å²) >= 11 is 1.98. The average molecular weight is 361 g/mol. The lowest BCUT2D eigenvalue weighted by atomic mass is 10.2. The van der Waals surface area contributed by atoms with Crippen LogP contribution in [-0.2, 0) is 0 Å². The van der Waals surface area contributed by atoms with E-state index in [1.807, 2.05) is 22.6 Å². The summed E-state index contributed by atoms with van der Waals surface area (Å²) in [5.74, 6) is -0.176. The molecule has 5 heteroatoms. The molecule has 0 atom stereocenters. The van der Waals surface area contributed by atoms with Crippen molar-refractivity contribution in [1.82, 2.24) is 4.90 Å². The van der Waals surface area contributed by atoms with Gasteiger partial charge in [0.15, 0.2) is 0 Å². The van der Waals surface area contributed by atoms with Crippen molar-refractivity contribution in [2.24, 2.45) is 0 Å². The molecule has 1 aliphatic heterocycles. The minimum Gasteiger partial charge on any atom is -0.397 e.